The van der Waals surface area contributed by atoms with Gasteiger partial charge in [0.15, 0.2) is 0 Å². The molecule has 1 aromatic rings. The van der Waals surface area contributed by atoms with Crippen LogP contribution in [0.25, 0.3) is 0 Å². The van der Waals surface area contributed by atoms with Crippen molar-refractivity contribution in [1.29, 1.82) is 0 Å². The summed E-state index contributed by atoms with van der Waals surface area (Å²) in [6.07, 6.45) is 0. The van der Waals surface area contributed by atoms with Gasteiger partial charge >= 0.3 is 0 Å². The minimum absolute atomic E-state index is 0.135. The molecule has 2 unspecified atom stereocenters. The Bertz CT molecular complexity index is 453. The lowest BCUT2D eigenvalue weighted by molar-refractivity contribution is 0.0111. The maximum Gasteiger partial charge on any atom is 0.0500 e. The average molecular weight is 275 g/mol. The zero-order chi connectivity index (χ0) is 14.9. The van der Waals surface area contributed by atoms with Crippen LogP contribution < -0.4 is 5.73 Å². The van der Waals surface area contributed by atoms with Crippen LogP contribution in [0.1, 0.15) is 37.9 Å². The van der Waals surface area contributed by atoms with E-state index in [1.807, 2.05) is 0 Å². The molecule has 1 heterocycles. The highest BCUT2D eigenvalue weighted by molar-refractivity contribution is 5.30. The van der Waals surface area contributed by atoms with Crippen molar-refractivity contribution < 1.29 is 0 Å². The molecule has 3 nitrogen and oxygen atoms in total. The lowest BCUT2D eigenvalue weighted by Crippen LogP contribution is -2.59. The second kappa shape index (κ2) is 5.84. The van der Waals surface area contributed by atoms with Crippen molar-refractivity contribution in [3.05, 3.63) is 35.4 Å². The molecule has 1 fully saturated rings. The molecule has 0 saturated carbocycles. The zero-order valence-electron chi connectivity index (χ0n) is 13.6. The fourth-order valence-corrected chi connectivity index (χ4v) is 3.25. The molecule has 0 amide bonds. The summed E-state index contributed by atoms with van der Waals surface area (Å²) < 4.78 is 0. The van der Waals surface area contributed by atoms with Crippen LogP contribution in [0.4, 0.5) is 0 Å². The van der Waals surface area contributed by atoms with Crippen molar-refractivity contribution >= 4 is 0 Å². The lowest BCUT2D eigenvalue weighted by Gasteiger charge is -2.49. The molecule has 112 valence electrons. The largest absolute Gasteiger partial charge is 0.326 e. The van der Waals surface area contributed by atoms with E-state index in [1.54, 1.807) is 0 Å². The van der Waals surface area contributed by atoms with Gasteiger partial charge < -0.3 is 5.73 Å². The van der Waals surface area contributed by atoms with E-state index < -0.39 is 0 Å². The maximum absolute atomic E-state index is 6.34. The van der Waals surface area contributed by atoms with Crippen LogP contribution >= 0.6 is 0 Å². The number of likely N-dealkylation sites (N-methyl/N-ethyl adjacent to an activating group) is 1. The van der Waals surface area contributed by atoms with Gasteiger partial charge in [0.2, 0.25) is 0 Å². The van der Waals surface area contributed by atoms with E-state index in [2.05, 4.69) is 68.8 Å². The van der Waals surface area contributed by atoms with Crippen LogP contribution in [0.2, 0.25) is 0 Å². The SMILES string of the molecule is Cc1ccccc1C(C(C)N)N1CCN(C)C(C)(C)C1. The fraction of sp³-hybridized carbons (Fsp3) is 0.647. The third-order valence-electron chi connectivity index (χ3n) is 4.74. The molecule has 0 spiro atoms. The van der Waals surface area contributed by atoms with Crippen LogP contribution in [0.5, 0.6) is 0 Å². The Labute approximate surface area is 123 Å². The van der Waals surface area contributed by atoms with Gasteiger partial charge in [-0.05, 0) is 45.9 Å². The normalized spacial score (nSPS) is 23.5. The van der Waals surface area contributed by atoms with Crippen LogP contribution in [0.15, 0.2) is 24.3 Å². The molecule has 20 heavy (non-hydrogen) atoms. The van der Waals surface area contributed by atoms with Crippen LogP contribution in [-0.2, 0) is 0 Å². The van der Waals surface area contributed by atoms with E-state index in [-0.39, 0.29) is 11.6 Å². The molecule has 1 saturated heterocycles. The summed E-state index contributed by atoms with van der Waals surface area (Å²) in [6, 6.07) is 9.09. The number of nitrogens with zero attached hydrogens (tertiary/aromatic N) is 2. The summed E-state index contributed by atoms with van der Waals surface area (Å²) in [5.74, 6) is 0. The Morgan fingerprint density at radius 3 is 2.40 bits per heavy atom. The Balaban J connectivity index is 2.29. The summed E-state index contributed by atoms with van der Waals surface area (Å²) in [4.78, 5) is 5.01. The van der Waals surface area contributed by atoms with Gasteiger partial charge in [-0.2, -0.15) is 0 Å². The minimum Gasteiger partial charge on any atom is -0.326 e. The Morgan fingerprint density at radius 1 is 1.20 bits per heavy atom. The highest BCUT2D eigenvalue weighted by atomic mass is 15.3. The van der Waals surface area contributed by atoms with Gasteiger partial charge in [-0.15, -0.1) is 0 Å². The topological polar surface area (TPSA) is 32.5 Å². The second-order valence-corrected chi connectivity index (χ2v) is 6.87. The molecular weight excluding hydrogens is 246 g/mol. The van der Waals surface area contributed by atoms with E-state index >= 15 is 0 Å². The summed E-state index contributed by atoms with van der Waals surface area (Å²) in [5.41, 5.74) is 9.26. The summed E-state index contributed by atoms with van der Waals surface area (Å²) in [6.45, 7) is 12.2. The smallest absolute Gasteiger partial charge is 0.0500 e. The van der Waals surface area contributed by atoms with E-state index in [1.165, 1.54) is 11.1 Å². The predicted molar refractivity (Wildman–Crippen MR) is 85.9 cm³/mol. The van der Waals surface area contributed by atoms with Crippen molar-refractivity contribution in [2.75, 3.05) is 26.7 Å². The highest BCUT2D eigenvalue weighted by Gasteiger charge is 2.36. The maximum atomic E-state index is 6.34. The zero-order valence-corrected chi connectivity index (χ0v) is 13.6. The van der Waals surface area contributed by atoms with Crippen molar-refractivity contribution in [3.8, 4) is 0 Å². The standard InChI is InChI=1S/C17H29N3/c1-13-8-6-7-9-15(13)16(14(2)18)20-11-10-19(5)17(3,4)12-20/h6-9,14,16H,10-12,18H2,1-5H3. The fourth-order valence-electron chi connectivity index (χ4n) is 3.25. The molecule has 1 aliphatic rings. The molecule has 2 rings (SSSR count). The molecule has 2 atom stereocenters. The molecule has 2 N–H and O–H groups in total. The molecule has 3 heteroatoms. The van der Waals surface area contributed by atoms with Crippen molar-refractivity contribution in [2.24, 2.45) is 5.73 Å². The monoisotopic (exact) mass is 275 g/mol. The van der Waals surface area contributed by atoms with Gasteiger partial charge in [0.25, 0.3) is 0 Å². The van der Waals surface area contributed by atoms with E-state index in [0.29, 0.717) is 6.04 Å². The van der Waals surface area contributed by atoms with Gasteiger partial charge in [-0.25, -0.2) is 0 Å². The quantitative estimate of drug-likeness (QED) is 0.919. The van der Waals surface area contributed by atoms with Gasteiger partial charge in [0.05, 0.1) is 0 Å². The van der Waals surface area contributed by atoms with E-state index in [9.17, 15) is 0 Å². The second-order valence-electron chi connectivity index (χ2n) is 6.87. The first-order chi connectivity index (χ1) is 9.33. The summed E-state index contributed by atoms with van der Waals surface area (Å²) in [7, 11) is 2.21. The number of benzene rings is 1. The molecule has 0 radical (unpaired) electrons. The minimum atomic E-state index is 0.135. The van der Waals surface area contributed by atoms with E-state index in [0.717, 1.165) is 19.6 Å². The number of hydrogen-bond donors (Lipinski definition) is 1. The van der Waals surface area contributed by atoms with Crippen molar-refractivity contribution in [3.63, 3.8) is 0 Å². The Hall–Kier alpha value is -0.900. The number of nitrogens with two attached hydrogens (primary N) is 1. The summed E-state index contributed by atoms with van der Waals surface area (Å²) in [5, 5.41) is 0. The first kappa shape index (κ1) is 15.5. The first-order valence-corrected chi connectivity index (χ1v) is 7.59. The molecule has 0 aliphatic carbocycles. The highest BCUT2D eigenvalue weighted by Crippen LogP contribution is 2.31. The van der Waals surface area contributed by atoms with E-state index in [4.69, 9.17) is 5.73 Å². The van der Waals surface area contributed by atoms with Crippen molar-refractivity contribution in [1.82, 2.24) is 9.80 Å². The number of piperazine rings is 1. The van der Waals surface area contributed by atoms with Gasteiger partial charge in [0, 0.05) is 37.3 Å². The third-order valence-corrected chi connectivity index (χ3v) is 4.74. The molecule has 1 aromatic carbocycles. The van der Waals surface area contributed by atoms with Gasteiger partial charge in [-0.3, -0.25) is 9.80 Å². The number of rotatable bonds is 3. The van der Waals surface area contributed by atoms with Crippen LogP contribution in [-0.4, -0.2) is 48.1 Å². The Morgan fingerprint density at radius 2 is 1.85 bits per heavy atom. The first-order valence-electron chi connectivity index (χ1n) is 7.59. The predicted octanol–water partition coefficient (Wildman–Crippen LogP) is 2.41. The molecule has 0 aromatic heterocycles. The van der Waals surface area contributed by atoms with Crippen LogP contribution in [0, 0.1) is 6.92 Å². The molecule has 1 aliphatic heterocycles. The molecular formula is C17H29N3. The van der Waals surface area contributed by atoms with Crippen LogP contribution in [0.3, 0.4) is 0 Å². The Kier molecular flexibility index (Phi) is 4.52. The third kappa shape index (κ3) is 3.05. The molecule has 0 bridgehead atoms. The summed E-state index contributed by atoms with van der Waals surface area (Å²) >= 11 is 0. The lowest BCUT2D eigenvalue weighted by atomic mass is 9.91. The number of aryl methyl sites for hydroxylation is 1. The number of hydrogen-bond acceptors (Lipinski definition) is 3. The van der Waals surface area contributed by atoms with Gasteiger partial charge in [-0.1, -0.05) is 24.3 Å². The van der Waals surface area contributed by atoms with Gasteiger partial charge in [0.1, 0.15) is 0 Å². The average Bonchev–Trinajstić information content (AvgIpc) is 2.36. The van der Waals surface area contributed by atoms with Crippen molar-refractivity contribution in [2.45, 2.75) is 45.3 Å².